The zero-order valence-corrected chi connectivity index (χ0v) is 17.2. The van der Waals surface area contributed by atoms with E-state index in [1.165, 1.54) is 16.9 Å². The van der Waals surface area contributed by atoms with Crippen LogP contribution in [0.2, 0.25) is 0 Å². The molecular weight excluding hydrogens is 368 g/mol. The molecule has 0 bridgehead atoms. The fraction of sp³-hybridized carbons (Fsp3) is 0.227. The predicted molar refractivity (Wildman–Crippen MR) is 114 cm³/mol. The SMILES string of the molecule is Cc1cc(/C=C(/C#N)C(=O)Nc2nccs2)c(C)n1-c1ccc(C(C)C)cc1. The molecule has 0 atom stereocenters. The first-order valence-electron chi connectivity index (χ1n) is 9.02. The van der Waals surface area contributed by atoms with Crippen LogP contribution in [-0.4, -0.2) is 15.5 Å². The molecule has 0 spiro atoms. The Morgan fingerprint density at radius 3 is 2.57 bits per heavy atom. The average molecular weight is 391 g/mol. The molecule has 1 aromatic carbocycles. The van der Waals surface area contributed by atoms with Crippen LogP contribution in [-0.2, 0) is 4.79 Å². The van der Waals surface area contributed by atoms with Crippen molar-refractivity contribution < 1.29 is 4.79 Å². The molecule has 0 saturated heterocycles. The van der Waals surface area contributed by atoms with Gasteiger partial charge in [0.05, 0.1) is 0 Å². The third kappa shape index (κ3) is 4.05. The van der Waals surface area contributed by atoms with E-state index >= 15 is 0 Å². The highest BCUT2D eigenvalue weighted by Crippen LogP contribution is 2.25. The number of thiazole rings is 1. The Labute approximate surface area is 169 Å². The standard InChI is InChI=1S/C22H22N4OS/c1-14(2)17-5-7-20(8-6-17)26-15(3)11-18(16(26)4)12-19(13-23)21(27)25-22-24-9-10-28-22/h5-12,14H,1-4H3,(H,24,25,27)/b19-12-. The number of hydrogen-bond acceptors (Lipinski definition) is 4. The van der Waals surface area contributed by atoms with Crippen LogP contribution < -0.4 is 5.32 Å². The van der Waals surface area contributed by atoms with Gasteiger partial charge in [-0.1, -0.05) is 26.0 Å². The number of nitriles is 1. The predicted octanol–water partition coefficient (Wildman–Crippen LogP) is 5.22. The van der Waals surface area contributed by atoms with Crippen molar-refractivity contribution in [2.75, 3.05) is 5.32 Å². The van der Waals surface area contributed by atoms with E-state index in [9.17, 15) is 10.1 Å². The number of nitrogens with zero attached hydrogens (tertiary/aromatic N) is 3. The molecule has 2 heterocycles. The molecule has 1 amide bonds. The summed E-state index contributed by atoms with van der Waals surface area (Å²) in [7, 11) is 0. The number of carbonyl (C=O) groups is 1. The maximum atomic E-state index is 12.4. The summed E-state index contributed by atoms with van der Waals surface area (Å²) in [6.07, 6.45) is 3.23. The number of anilines is 1. The maximum absolute atomic E-state index is 12.4. The van der Waals surface area contributed by atoms with E-state index in [0.717, 1.165) is 22.6 Å². The maximum Gasteiger partial charge on any atom is 0.268 e. The van der Waals surface area contributed by atoms with Crippen molar-refractivity contribution in [2.45, 2.75) is 33.6 Å². The van der Waals surface area contributed by atoms with Crippen molar-refractivity contribution in [1.82, 2.24) is 9.55 Å². The van der Waals surface area contributed by atoms with Crippen molar-refractivity contribution in [2.24, 2.45) is 0 Å². The summed E-state index contributed by atoms with van der Waals surface area (Å²) in [4.78, 5) is 16.4. The van der Waals surface area contributed by atoms with E-state index in [4.69, 9.17) is 0 Å². The topological polar surface area (TPSA) is 70.7 Å². The molecule has 0 aliphatic rings. The van der Waals surface area contributed by atoms with Gasteiger partial charge in [0.2, 0.25) is 0 Å². The summed E-state index contributed by atoms with van der Waals surface area (Å²) >= 11 is 1.31. The van der Waals surface area contributed by atoms with Gasteiger partial charge in [0.15, 0.2) is 5.13 Å². The van der Waals surface area contributed by atoms with Crippen LogP contribution in [0.1, 0.15) is 42.3 Å². The number of aromatic nitrogens is 2. The molecule has 1 N–H and O–H groups in total. The first-order valence-corrected chi connectivity index (χ1v) is 9.90. The van der Waals surface area contributed by atoms with Gasteiger partial charge in [0.25, 0.3) is 5.91 Å². The van der Waals surface area contributed by atoms with E-state index in [2.05, 4.69) is 53.0 Å². The summed E-state index contributed by atoms with van der Waals surface area (Å²) < 4.78 is 2.13. The van der Waals surface area contributed by atoms with Crippen molar-refractivity contribution >= 4 is 28.5 Å². The largest absolute Gasteiger partial charge is 0.318 e. The highest BCUT2D eigenvalue weighted by atomic mass is 32.1. The van der Waals surface area contributed by atoms with Crippen LogP contribution in [0.25, 0.3) is 11.8 Å². The summed E-state index contributed by atoms with van der Waals surface area (Å²) in [5.41, 5.74) is 5.26. The summed E-state index contributed by atoms with van der Waals surface area (Å²) in [6.45, 7) is 8.35. The fourth-order valence-corrected chi connectivity index (χ4v) is 3.62. The summed E-state index contributed by atoms with van der Waals surface area (Å²) in [6, 6.07) is 12.5. The molecule has 0 radical (unpaired) electrons. The zero-order chi connectivity index (χ0) is 20.3. The Morgan fingerprint density at radius 2 is 2.00 bits per heavy atom. The molecule has 0 aliphatic carbocycles. The van der Waals surface area contributed by atoms with Crippen LogP contribution in [0, 0.1) is 25.2 Å². The molecule has 5 nitrogen and oxygen atoms in total. The summed E-state index contributed by atoms with van der Waals surface area (Å²) in [5.74, 6) is 0.0254. The van der Waals surface area contributed by atoms with Crippen molar-refractivity contribution in [3.8, 4) is 11.8 Å². The molecule has 28 heavy (non-hydrogen) atoms. The third-order valence-electron chi connectivity index (χ3n) is 4.61. The highest BCUT2D eigenvalue weighted by Gasteiger charge is 2.14. The van der Waals surface area contributed by atoms with E-state index in [0.29, 0.717) is 11.0 Å². The number of nitrogens with one attached hydrogen (secondary N) is 1. The minimum atomic E-state index is -0.455. The molecule has 3 aromatic rings. The number of aryl methyl sites for hydroxylation is 1. The second-order valence-corrected chi connectivity index (χ2v) is 7.76. The highest BCUT2D eigenvalue weighted by molar-refractivity contribution is 7.13. The molecule has 0 fully saturated rings. The quantitative estimate of drug-likeness (QED) is 0.479. The molecule has 2 aromatic heterocycles. The molecule has 0 aliphatic heterocycles. The van der Waals surface area contributed by atoms with Crippen molar-refractivity contribution in [3.63, 3.8) is 0 Å². The number of rotatable bonds is 5. The van der Waals surface area contributed by atoms with E-state index in [1.807, 2.05) is 26.0 Å². The van der Waals surface area contributed by atoms with E-state index in [1.54, 1.807) is 17.7 Å². The van der Waals surface area contributed by atoms with E-state index < -0.39 is 5.91 Å². The first kappa shape index (κ1) is 19.6. The number of carbonyl (C=O) groups excluding carboxylic acids is 1. The molecule has 0 unspecified atom stereocenters. The molecule has 3 rings (SSSR count). The second kappa shape index (κ2) is 8.24. The van der Waals surface area contributed by atoms with Gasteiger partial charge < -0.3 is 4.57 Å². The Hall–Kier alpha value is -3.17. The lowest BCUT2D eigenvalue weighted by Gasteiger charge is -2.12. The molecular formula is C22H22N4OS. The van der Waals surface area contributed by atoms with Crippen LogP contribution in [0.5, 0.6) is 0 Å². The fourth-order valence-electron chi connectivity index (χ4n) is 3.09. The normalized spacial score (nSPS) is 11.5. The van der Waals surface area contributed by atoms with Gasteiger partial charge in [-0.2, -0.15) is 5.26 Å². The molecule has 6 heteroatoms. The van der Waals surface area contributed by atoms with Gasteiger partial charge in [-0.3, -0.25) is 10.1 Å². The lowest BCUT2D eigenvalue weighted by atomic mass is 10.0. The van der Waals surface area contributed by atoms with Gasteiger partial charge in [0, 0.05) is 28.7 Å². The number of benzene rings is 1. The van der Waals surface area contributed by atoms with Crippen LogP contribution in [0.3, 0.4) is 0 Å². The molecule has 142 valence electrons. The average Bonchev–Trinajstić information content (AvgIpc) is 3.27. The summed E-state index contributed by atoms with van der Waals surface area (Å²) in [5, 5.41) is 14.3. The Morgan fingerprint density at radius 1 is 1.29 bits per heavy atom. The van der Waals surface area contributed by atoms with Crippen LogP contribution in [0.4, 0.5) is 5.13 Å². The lowest BCUT2D eigenvalue weighted by Crippen LogP contribution is -2.13. The minimum Gasteiger partial charge on any atom is -0.318 e. The van der Waals surface area contributed by atoms with Crippen molar-refractivity contribution in [1.29, 1.82) is 5.26 Å². The number of hydrogen-bond donors (Lipinski definition) is 1. The zero-order valence-electron chi connectivity index (χ0n) is 16.4. The monoisotopic (exact) mass is 390 g/mol. The minimum absolute atomic E-state index is 0.0469. The van der Waals surface area contributed by atoms with E-state index in [-0.39, 0.29) is 5.57 Å². The Balaban J connectivity index is 1.93. The van der Waals surface area contributed by atoms with Crippen LogP contribution >= 0.6 is 11.3 Å². The second-order valence-electron chi connectivity index (χ2n) is 6.87. The van der Waals surface area contributed by atoms with Gasteiger partial charge in [0.1, 0.15) is 11.6 Å². The smallest absolute Gasteiger partial charge is 0.268 e. The van der Waals surface area contributed by atoms with Gasteiger partial charge in [-0.15, -0.1) is 11.3 Å². The lowest BCUT2D eigenvalue weighted by molar-refractivity contribution is -0.112. The van der Waals surface area contributed by atoms with Gasteiger partial charge in [-0.05, 0) is 55.2 Å². The third-order valence-corrected chi connectivity index (χ3v) is 5.29. The van der Waals surface area contributed by atoms with Gasteiger partial charge in [-0.25, -0.2) is 4.98 Å². The Bertz CT molecular complexity index is 1050. The van der Waals surface area contributed by atoms with Gasteiger partial charge >= 0.3 is 0 Å². The molecule has 0 saturated carbocycles. The Kier molecular flexibility index (Phi) is 5.76. The first-order chi connectivity index (χ1) is 13.4. The van der Waals surface area contributed by atoms with Crippen LogP contribution in [0.15, 0.2) is 47.5 Å². The number of amides is 1. The van der Waals surface area contributed by atoms with Crippen molar-refractivity contribution in [3.05, 3.63) is 70.0 Å².